The Balaban J connectivity index is 0. The van der Waals surface area contributed by atoms with Crippen molar-refractivity contribution in [1.29, 1.82) is 0 Å². The molecule has 0 radical (unpaired) electrons. The van der Waals surface area contributed by atoms with E-state index in [0.717, 1.165) is 174 Å². The molecule has 0 spiro atoms. The number of Topliss-reactive ketones (excluding diaryl/α,β-unsaturated/α-hetero) is 4. The lowest BCUT2D eigenvalue weighted by molar-refractivity contribution is -0.137. The lowest BCUT2D eigenvalue weighted by atomic mass is 9.93. The number of aryl methyl sites for hydroxylation is 1. The predicted molar refractivity (Wildman–Crippen MR) is 404 cm³/mol. The minimum Gasteiger partial charge on any atom is -0.508 e. The predicted octanol–water partition coefficient (Wildman–Crippen LogP) is 24.1. The van der Waals surface area contributed by atoms with Gasteiger partial charge in [0.25, 0.3) is 0 Å². The molecule has 1 aromatic carbocycles. The zero-order chi connectivity index (χ0) is 69.7. The van der Waals surface area contributed by atoms with Crippen molar-refractivity contribution < 1.29 is 38.6 Å². The van der Waals surface area contributed by atoms with Gasteiger partial charge >= 0.3 is 5.97 Å². The molecule has 10 heteroatoms. The molecule has 7 rings (SSSR count). The van der Waals surface area contributed by atoms with E-state index in [1.807, 2.05) is 42.5 Å². The van der Waals surface area contributed by atoms with Crippen molar-refractivity contribution in [3.63, 3.8) is 0 Å². The Labute approximate surface area is 585 Å². The summed E-state index contributed by atoms with van der Waals surface area (Å²) in [6.07, 6.45) is 79.2. The molecule has 2 unspecified atom stereocenters. The summed E-state index contributed by atoms with van der Waals surface area (Å²) in [4.78, 5) is 68.3. The summed E-state index contributed by atoms with van der Waals surface area (Å²) in [7, 11) is 0. The van der Waals surface area contributed by atoms with E-state index in [2.05, 4.69) is 130 Å². The van der Waals surface area contributed by atoms with Crippen LogP contribution in [0, 0.1) is 25.7 Å². The molecule has 6 aliphatic rings. The van der Waals surface area contributed by atoms with Crippen LogP contribution in [0.15, 0.2) is 118 Å². The van der Waals surface area contributed by atoms with E-state index in [1.54, 1.807) is 12.1 Å². The normalized spacial score (nSPS) is 17.0. The second-order valence-electron chi connectivity index (χ2n) is 24.5. The van der Waals surface area contributed by atoms with Gasteiger partial charge in [0.15, 0.2) is 28.9 Å². The van der Waals surface area contributed by atoms with E-state index in [-0.39, 0.29) is 16.6 Å². The first-order valence-corrected chi connectivity index (χ1v) is 38.0. The molecule has 1 N–H and O–H groups in total. The minimum absolute atomic E-state index is 0.0918. The highest BCUT2D eigenvalue weighted by Gasteiger charge is 2.22. The number of unbranched alkanes of at least 4 members (excludes halogenated alkanes) is 14. The van der Waals surface area contributed by atoms with Gasteiger partial charge in [-0.05, 0) is 199 Å². The van der Waals surface area contributed by atoms with Gasteiger partial charge < -0.3 is 9.84 Å². The third kappa shape index (κ3) is 46.6. The molecule has 2 atom stereocenters. The van der Waals surface area contributed by atoms with E-state index in [1.165, 1.54) is 134 Å². The number of para-hydroxylation sites is 1. The third-order valence-electron chi connectivity index (χ3n) is 16.5. The van der Waals surface area contributed by atoms with Crippen molar-refractivity contribution in [2.45, 2.75) is 328 Å². The number of carbonyl (C=O) groups is 6. The van der Waals surface area contributed by atoms with Crippen molar-refractivity contribution in [3.8, 4) is 31.4 Å². The maximum atomic E-state index is 11.6. The van der Waals surface area contributed by atoms with Gasteiger partial charge in [0.2, 0.25) is 0 Å². The van der Waals surface area contributed by atoms with Crippen LogP contribution in [0.1, 0.15) is 318 Å². The number of ketones is 5. The SMILES string of the molecule is C#C.C#C.CCCCCC1=C(OC(C)=O)CCCC1.CCCCCC1=CC(Br)CCC1=O.CCCCCC1=CC=CCC1=O.CCCCCC1=CCC=CC1=O.CCCCCC1=CCCC(Br)C1=O.CCCCCC1=CCCCC1=O.CCCCCc1ccccc1O. The van der Waals surface area contributed by atoms with Crippen molar-refractivity contribution in [2.75, 3.05) is 0 Å². The summed E-state index contributed by atoms with van der Waals surface area (Å²) in [5.74, 6) is 2.87. The van der Waals surface area contributed by atoms with Gasteiger partial charge in [0, 0.05) is 37.4 Å². The van der Waals surface area contributed by atoms with Crippen LogP contribution in [0.2, 0.25) is 0 Å². The second kappa shape index (κ2) is 62.9. The molecular formula is C83H126Br2O8. The Morgan fingerprint density at radius 2 is 1.01 bits per heavy atom. The molecule has 0 amide bonds. The number of esters is 1. The molecule has 0 aromatic heterocycles. The van der Waals surface area contributed by atoms with Gasteiger partial charge in [-0.1, -0.05) is 237 Å². The number of rotatable bonds is 29. The van der Waals surface area contributed by atoms with E-state index in [0.29, 0.717) is 40.1 Å². The van der Waals surface area contributed by atoms with Crippen molar-refractivity contribution >= 4 is 66.7 Å². The smallest absolute Gasteiger partial charge is 0.307 e. The molecule has 0 heterocycles. The second-order valence-corrected chi connectivity index (χ2v) is 26.8. The summed E-state index contributed by atoms with van der Waals surface area (Å²) in [5, 5.41) is 9.41. The van der Waals surface area contributed by atoms with Crippen LogP contribution in [0.5, 0.6) is 5.75 Å². The van der Waals surface area contributed by atoms with E-state index >= 15 is 0 Å². The molecule has 6 aliphatic carbocycles. The van der Waals surface area contributed by atoms with Crippen LogP contribution in [0.25, 0.3) is 0 Å². The largest absolute Gasteiger partial charge is 0.508 e. The molecular weight excluding hydrogens is 1280 g/mol. The Morgan fingerprint density at radius 3 is 1.55 bits per heavy atom. The number of hydrogen-bond donors (Lipinski definition) is 1. The van der Waals surface area contributed by atoms with Gasteiger partial charge in [-0.25, -0.2) is 0 Å². The lowest BCUT2D eigenvalue weighted by Gasteiger charge is -2.19. The van der Waals surface area contributed by atoms with Gasteiger partial charge in [-0.2, -0.15) is 0 Å². The number of phenolic OH excluding ortho intramolecular Hbond substituents is 1. The number of terminal acetylenes is 2. The number of phenols is 1. The van der Waals surface area contributed by atoms with Crippen molar-refractivity contribution in [1.82, 2.24) is 0 Å². The summed E-state index contributed by atoms with van der Waals surface area (Å²) in [6, 6.07) is 7.58. The average Bonchev–Trinajstić information content (AvgIpc) is 3.76. The Morgan fingerprint density at radius 1 is 0.516 bits per heavy atom. The molecule has 0 aliphatic heterocycles. The Kier molecular flexibility index (Phi) is 60.8. The molecule has 8 nitrogen and oxygen atoms in total. The fraction of sp³-hybridized carbons (Fsp3) is 0.614. The first-order chi connectivity index (χ1) is 45.1. The molecule has 0 saturated carbocycles. The molecule has 0 saturated heterocycles. The van der Waals surface area contributed by atoms with Crippen LogP contribution in [0.4, 0.5) is 0 Å². The van der Waals surface area contributed by atoms with Crippen molar-refractivity contribution in [3.05, 3.63) is 124 Å². The van der Waals surface area contributed by atoms with E-state index < -0.39 is 0 Å². The monoisotopic (exact) mass is 1410 g/mol. The van der Waals surface area contributed by atoms with Gasteiger partial charge in [-0.3, -0.25) is 28.8 Å². The number of ether oxygens (including phenoxy) is 1. The molecule has 0 bridgehead atoms. The van der Waals surface area contributed by atoms with Crippen LogP contribution >= 0.6 is 31.9 Å². The number of allylic oxidation sites excluding steroid dienone is 16. The zero-order valence-corrected chi connectivity index (χ0v) is 62.7. The highest BCUT2D eigenvalue weighted by Crippen LogP contribution is 2.30. The maximum Gasteiger partial charge on any atom is 0.307 e. The number of hydrogen-bond acceptors (Lipinski definition) is 8. The summed E-state index contributed by atoms with van der Waals surface area (Å²) in [6.45, 7) is 16.8. The highest BCUT2D eigenvalue weighted by atomic mass is 79.9. The van der Waals surface area contributed by atoms with Crippen molar-refractivity contribution in [2.24, 2.45) is 0 Å². The third-order valence-corrected chi connectivity index (χ3v) is 18.1. The highest BCUT2D eigenvalue weighted by molar-refractivity contribution is 9.10. The molecule has 520 valence electrons. The van der Waals surface area contributed by atoms with Crippen LogP contribution in [-0.2, 0) is 39.9 Å². The topological polar surface area (TPSA) is 132 Å². The van der Waals surface area contributed by atoms with Crippen LogP contribution in [0.3, 0.4) is 0 Å². The molecule has 93 heavy (non-hydrogen) atoms. The number of alkyl halides is 2. The lowest BCUT2D eigenvalue weighted by Crippen LogP contribution is -2.19. The maximum absolute atomic E-state index is 11.6. The van der Waals surface area contributed by atoms with Crippen LogP contribution < -0.4 is 0 Å². The Hall–Kier alpha value is -5.16. The summed E-state index contributed by atoms with van der Waals surface area (Å²) in [5.41, 5.74) is 7.73. The minimum atomic E-state index is -0.167. The number of halogens is 2. The quantitative estimate of drug-likeness (QED) is 0.0363. The fourth-order valence-corrected chi connectivity index (χ4v) is 12.1. The van der Waals surface area contributed by atoms with Crippen LogP contribution in [-0.4, -0.2) is 49.6 Å². The fourth-order valence-electron chi connectivity index (χ4n) is 11.0. The molecule has 0 fully saturated rings. The summed E-state index contributed by atoms with van der Waals surface area (Å²) < 4.78 is 5.28. The van der Waals surface area contributed by atoms with Gasteiger partial charge in [-0.15, -0.1) is 25.7 Å². The summed E-state index contributed by atoms with van der Waals surface area (Å²) >= 11 is 6.95. The Bertz CT molecular complexity index is 2500. The number of aromatic hydroxyl groups is 1. The molecule has 1 aromatic rings. The average molecular weight is 1410 g/mol. The standard InChI is InChI=1S/C13H22O2.2C11H17BrO.C11H18O.3C11H16O.2C2H2/c1-3-4-5-8-12-9-6-7-10-13(12)15-11(2)14;1-2-3-4-6-9-7-5-8-10(12)11(9)13;1-2-3-4-5-9-8-10(12)6-7-11(9)13;4*1-2-3-4-7-10-8-5-6-9-11(10)12;2*1-2/h3-10H2,1-2H3;7,10H,2-6,8H2,1H3;8,10H,2-7H2,1H3;8H,2-7,9H2,1H3;6,8-9H,2-5,7H2,1H3;5-6,8H,2-4,7,9H2,1H3;5-6,8-9,12H,2-4,7H2,1H3;2*1-2H. The number of benzene rings is 1. The first kappa shape index (κ1) is 89.9. The zero-order valence-electron chi connectivity index (χ0n) is 59.5. The first-order valence-electron chi connectivity index (χ1n) is 36.2. The van der Waals surface area contributed by atoms with Gasteiger partial charge in [0.05, 0.1) is 4.83 Å². The van der Waals surface area contributed by atoms with Gasteiger partial charge in [0.1, 0.15) is 11.5 Å². The number of carbonyl (C=O) groups excluding carboxylic acids is 6. The van der Waals surface area contributed by atoms with E-state index in [4.69, 9.17) is 4.74 Å². The van der Waals surface area contributed by atoms with E-state index in [9.17, 15) is 33.9 Å².